The number of alkyl carbamates (subject to hydrolysis) is 1. The molecule has 0 saturated carbocycles. The van der Waals surface area contributed by atoms with Gasteiger partial charge in [0.15, 0.2) is 0 Å². The number of carbonyl (C=O) groups is 2. The second kappa shape index (κ2) is 12.1. The number of anilines is 2. The lowest BCUT2D eigenvalue weighted by molar-refractivity contribution is -0.274. The highest BCUT2D eigenvalue weighted by molar-refractivity contribution is 6.02. The summed E-state index contributed by atoms with van der Waals surface area (Å²) in [6, 6.07) is 11.2. The van der Waals surface area contributed by atoms with Gasteiger partial charge in [-0.15, -0.1) is 13.2 Å². The van der Waals surface area contributed by atoms with Crippen LogP contribution in [0.5, 0.6) is 5.75 Å². The van der Waals surface area contributed by atoms with Gasteiger partial charge in [-0.25, -0.2) is 14.8 Å². The summed E-state index contributed by atoms with van der Waals surface area (Å²) in [6.45, 7) is 6.84. The normalized spacial score (nSPS) is 13.2. The summed E-state index contributed by atoms with van der Waals surface area (Å²) < 4.78 is 49.1. The molecule has 5 rings (SSSR count). The average molecular weight is 611 g/mol. The molecule has 1 aliphatic rings. The largest absolute Gasteiger partial charge is 0.573 e. The number of halogens is 3. The first-order valence-corrected chi connectivity index (χ1v) is 14.1. The Morgan fingerprint density at radius 1 is 1.09 bits per heavy atom. The van der Waals surface area contributed by atoms with Gasteiger partial charge in [0.2, 0.25) is 5.91 Å². The number of ether oxygens (including phenoxy) is 2. The molecule has 0 radical (unpaired) electrons. The first kappa shape index (κ1) is 30.6. The summed E-state index contributed by atoms with van der Waals surface area (Å²) in [5.74, 6) is -0.254. The zero-order valence-electron chi connectivity index (χ0n) is 24.6. The lowest BCUT2D eigenvalue weighted by atomic mass is 10.0. The topological polar surface area (TPSA) is 125 Å². The molecule has 44 heavy (non-hydrogen) atoms. The van der Waals surface area contributed by atoms with Crippen LogP contribution < -0.4 is 20.7 Å². The molecule has 0 aliphatic carbocycles. The number of rotatable bonds is 8. The van der Waals surface area contributed by atoms with Crippen molar-refractivity contribution in [1.29, 1.82) is 0 Å². The molecule has 3 N–H and O–H groups in total. The molecule has 10 nitrogen and oxygen atoms in total. The van der Waals surface area contributed by atoms with Crippen LogP contribution in [-0.2, 0) is 28.9 Å². The minimum atomic E-state index is -4.81. The molecule has 0 atom stereocenters. The number of hydrogen-bond donors (Lipinski definition) is 2. The molecule has 4 aromatic rings. The van der Waals surface area contributed by atoms with Crippen LogP contribution in [0, 0.1) is 0 Å². The smallest absolute Gasteiger partial charge is 0.444 e. The first-order chi connectivity index (χ1) is 20.8. The van der Waals surface area contributed by atoms with Gasteiger partial charge in [0.1, 0.15) is 29.1 Å². The number of amides is 2. The number of alkyl halides is 3. The number of benzene rings is 2. The second-order valence-corrected chi connectivity index (χ2v) is 11.5. The minimum absolute atomic E-state index is 0.0691. The Morgan fingerprint density at radius 2 is 1.89 bits per heavy atom. The van der Waals surface area contributed by atoms with Crippen LogP contribution in [-0.4, -0.2) is 51.6 Å². The molecule has 3 heterocycles. The third-order valence-electron chi connectivity index (χ3n) is 7.00. The van der Waals surface area contributed by atoms with Crippen molar-refractivity contribution in [3.05, 3.63) is 66.1 Å². The first-order valence-electron chi connectivity index (χ1n) is 14.1. The molecule has 0 bridgehead atoms. The van der Waals surface area contributed by atoms with Gasteiger partial charge >= 0.3 is 12.5 Å². The summed E-state index contributed by atoms with van der Waals surface area (Å²) in [6.07, 6.45) is -0.744. The van der Waals surface area contributed by atoms with Crippen molar-refractivity contribution in [3.63, 3.8) is 0 Å². The lowest BCUT2D eigenvalue weighted by Gasteiger charge is -2.19. The van der Waals surface area contributed by atoms with Crippen LogP contribution in [0.15, 0.2) is 55.0 Å². The van der Waals surface area contributed by atoms with Gasteiger partial charge in [-0.2, -0.15) is 0 Å². The number of carbonyl (C=O) groups excluding carboxylic acids is 2. The zero-order valence-corrected chi connectivity index (χ0v) is 24.6. The molecule has 2 aromatic heterocycles. The number of nitrogen functional groups attached to an aromatic ring is 1. The standard InChI is InChI=1S/C31H33F3N6O4/c1-30(2,3)44-29(42)36-11-5-12-39-17-23(26-27(35)37-18-38-28(26)39)20-8-9-24-21(16-20)10-13-40(24)25(41)15-19-6-4-7-22(14-19)43-31(32,33)34/h4,6-9,14,16-18H,5,10-13,15H2,1-3H3,(H,36,42)(H2,35,37,38). The van der Waals surface area contributed by atoms with Gasteiger partial charge in [-0.05, 0) is 74.6 Å². The Labute approximate surface area is 252 Å². The fourth-order valence-electron chi connectivity index (χ4n) is 5.24. The summed E-state index contributed by atoms with van der Waals surface area (Å²) >= 11 is 0. The van der Waals surface area contributed by atoms with Crippen molar-refractivity contribution in [2.45, 2.75) is 58.5 Å². The molecule has 13 heteroatoms. The predicted molar refractivity (Wildman–Crippen MR) is 159 cm³/mol. The number of nitrogens with two attached hydrogens (primary N) is 1. The van der Waals surface area contributed by atoms with Crippen LogP contribution in [0.4, 0.5) is 29.5 Å². The Morgan fingerprint density at radius 3 is 2.64 bits per heavy atom. The average Bonchev–Trinajstić information content (AvgIpc) is 3.51. The lowest BCUT2D eigenvalue weighted by Crippen LogP contribution is -2.33. The van der Waals surface area contributed by atoms with E-state index in [4.69, 9.17) is 10.5 Å². The minimum Gasteiger partial charge on any atom is -0.444 e. The molecule has 2 amide bonds. The molecule has 0 spiro atoms. The second-order valence-electron chi connectivity index (χ2n) is 11.5. The van der Waals surface area contributed by atoms with Gasteiger partial charge in [0.25, 0.3) is 0 Å². The maximum atomic E-state index is 13.2. The highest BCUT2D eigenvalue weighted by atomic mass is 19.4. The van der Waals surface area contributed by atoms with E-state index in [9.17, 15) is 22.8 Å². The summed E-state index contributed by atoms with van der Waals surface area (Å²) in [5.41, 5.74) is 10.2. The van der Waals surface area contributed by atoms with Crippen molar-refractivity contribution in [1.82, 2.24) is 19.9 Å². The molecule has 2 aromatic carbocycles. The number of nitrogens with zero attached hydrogens (tertiary/aromatic N) is 4. The molecular weight excluding hydrogens is 577 g/mol. The van der Waals surface area contributed by atoms with E-state index < -0.39 is 18.1 Å². The highest BCUT2D eigenvalue weighted by Gasteiger charge is 2.31. The Hall–Kier alpha value is -4.81. The van der Waals surface area contributed by atoms with Crippen LogP contribution in [0.1, 0.15) is 38.3 Å². The van der Waals surface area contributed by atoms with E-state index in [1.165, 1.54) is 24.5 Å². The van der Waals surface area contributed by atoms with Crippen molar-refractivity contribution in [2.75, 3.05) is 23.7 Å². The van der Waals surface area contributed by atoms with Crippen molar-refractivity contribution in [3.8, 4) is 16.9 Å². The van der Waals surface area contributed by atoms with Gasteiger partial charge in [-0.1, -0.05) is 18.2 Å². The van der Waals surface area contributed by atoms with Gasteiger partial charge < -0.3 is 30.0 Å². The van der Waals surface area contributed by atoms with Crippen molar-refractivity contribution >= 4 is 34.5 Å². The number of aryl methyl sites for hydroxylation is 1. The maximum absolute atomic E-state index is 13.2. The number of aromatic nitrogens is 3. The Balaban J connectivity index is 1.31. The summed E-state index contributed by atoms with van der Waals surface area (Å²) in [7, 11) is 0. The predicted octanol–water partition coefficient (Wildman–Crippen LogP) is 5.63. The van der Waals surface area contributed by atoms with Gasteiger partial charge in [0.05, 0.1) is 11.8 Å². The molecule has 0 fully saturated rings. The van der Waals surface area contributed by atoms with E-state index in [0.717, 1.165) is 22.4 Å². The fourth-order valence-corrected chi connectivity index (χ4v) is 5.24. The number of hydrogen-bond acceptors (Lipinski definition) is 7. The molecule has 0 saturated heterocycles. The van der Waals surface area contributed by atoms with E-state index in [-0.39, 0.29) is 18.1 Å². The summed E-state index contributed by atoms with van der Waals surface area (Å²) in [5, 5.41) is 3.47. The number of nitrogens with one attached hydrogen (secondary N) is 1. The van der Waals surface area contributed by atoms with Gasteiger partial charge in [0, 0.05) is 37.1 Å². The van der Waals surface area contributed by atoms with Crippen LogP contribution in [0.25, 0.3) is 22.2 Å². The fraction of sp³-hybridized carbons (Fsp3) is 0.355. The van der Waals surface area contributed by atoms with Crippen LogP contribution >= 0.6 is 0 Å². The Kier molecular flexibility index (Phi) is 8.40. The van der Waals surface area contributed by atoms with Crippen LogP contribution in [0.3, 0.4) is 0 Å². The SMILES string of the molecule is CC(C)(C)OC(=O)NCCCn1cc(-c2ccc3c(c2)CCN3C(=O)Cc2cccc(OC(F)(F)F)c2)c2c(N)ncnc21. The maximum Gasteiger partial charge on any atom is 0.573 e. The summed E-state index contributed by atoms with van der Waals surface area (Å²) in [4.78, 5) is 35.5. The molecule has 232 valence electrons. The van der Waals surface area contributed by atoms with Gasteiger partial charge in [-0.3, -0.25) is 4.79 Å². The zero-order chi connectivity index (χ0) is 31.6. The third kappa shape index (κ3) is 7.21. The molecule has 1 aliphatic heterocycles. The quantitative estimate of drug-likeness (QED) is 0.248. The third-order valence-corrected chi connectivity index (χ3v) is 7.00. The number of fused-ring (bicyclic) bond motifs is 2. The van der Waals surface area contributed by atoms with Crippen molar-refractivity contribution in [2.24, 2.45) is 0 Å². The molecular formula is C31H33F3N6O4. The molecule has 0 unspecified atom stereocenters. The van der Waals surface area contributed by atoms with E-state index in [0.29, 0.717) is 54.9 Å². The monoisotopic (exact) mass is 610 g/mol. The van der Waals surface area contributed by atoms with Crippen molar-refractivity contribution < 1.29 is 32.2 Å². The van der Waals surface area contributed by atoms with E-state index in [1.807, 2.05) is 29.0 Å². The van der Waals surface area contributed by atoms with E-state index >= 15 is 0 Å². The Bertz CT molecular complexity index is 1700. The van der Waals surface area contributed by atoms with E-state index in [2.05, 4.69) is 20.0 Å². The highest BCUT2D eigenvalue weighted by Crippen LogP contribution is 2.37. The van der Waals surface area contributed by atoms with Crippen LogP contribution in [0.2, 0.25) is 0 Å². The van der Waals surface area contributed by atoms with E-state index in [1.54, 1.807) is 31.7 Å².